The third kappa shape index (κ3) is 1.31. The van der Waals surface area contributed by atoms with Gasteiger partial charge >= 0.3 is 0 Å². The molecule has 0 atom stereocenters. The van der Waals surface area contributed by atoms with Crippen molar-refractivity contribution in [3.8, 4) is 0 Å². The van der Waals surface area contributed by atoms with E-state index >= 15 is 0 Å². The summed E-state index contributed by atoms with van der Waals surface area (Å²) in [4.78, 5) is 4.73. The molecule has 0 radical (unpaired) electrons. The van der Waals surface area contributed by atoms with Gasteiger partial charge in [0, 0.05) is 11.0 Å². The second-order valence-electron chi connectivity index (χ2n) is 5.27. The molecule has 1 aromatic heterocycles. The first kappa shape index (κ1) is 10.2. The lowest BCUT2D eigenvalue weighted by atomic mass is 9.83. The number of nitrogens with two attached hydrogens (primary N) is 1. The molecule has 16 heavy (non-hydrogen) atoms. The fourth-order valence-electron chi connectivity index (χ4n) is 2.11. The lowest BCUT2D eigenvalue weighted by molar-refractivity contribution is 0.390. The number of fused-ring (bicyclic) bond motifs is 1. The molecule has 2 nitrogen and oxygen atoms in total. The van der Waals surface area contributed by atoms with Crippen LogP contribution in [0.3, 0.4) is 0 Å². The van der Waals surface area contributed by atoms with Crippen LogP contribution in [0.5, 0.6) is 0 Å². The maximum absolute atomic E-state index is 6.34. The third-order valence-corrected chi connectivity index (χ3v) is 5.22. The highest BCUT2D eigenvalue weighted by Crippen LogP contribution is 2.50. The van der Waals surface area contributed by atoms with E-state index < -0.39 is 0 Å². The van der Waals surface area contributed by atoms with E-state index in [0.717, 1.165) is 18.4 Å². The van der Waals surface area contributed by atoms with Crippen LogP contribution in [0.4, 0.5) is 0 Å². The van der Waals surface area contributed by atoms with Gasteiger partial charge in [0.1, 0.15) is 5.01 Å². The van der Waals surface area contributed by atoms with Gasteiger partial charge in [-0.2, -0.15) is 0 Å². The number of aromatic nitrogens is 1. The van der Waals surface area contributed by atoms with Gasteiger partial charge in [-0.15, -0.1) is 11.3 Å². The van der Waals surface area contributed by atoms with Crippen molar-refractivity contribution in [2.45, 2.75) is 37.6 Å². The number of para-hydroxylation sites is 1. The second-order valence-corrected chi connectivity index (χ2v) is 6.30. The number of benzene rings is 1. The Morgan fingerprint density at radius 3 is 2.62 bits per heavy atom. The molecular weight excluding hydrogens is 216 g/mol. The van der Waals surface area contributed by atoms with Gasteiger partial charge in [-0.1, -0.05) is 26.0 Å². The average Bonchev–Trinajstić information content (AvgIpc) is 2.87. The summed E-state index contributed by atoms with van der Waals surface area (Å²) in [5.74, 6) is 0. The fraction of sp³-hybridized carbons (Fsp3) is 0.462. The molecule has 1 saturated carbocycles. The lowest BCUT2D eigenvalue weighted by Crippen LogP contribution is -2.43. The Balaban J connectivity index is 2.12. The van der Waals surface area contributed by atoms with Crippen LogP contribution >= 0.6 is 11.3 Å². The van der Waals surface area contributed by atoms with Crippen molar-refractivity contribution < 1.29 is 0 Å². The lowest BCUT2D eigenvalue weighted by Gasteiger charge is -2.29. The molecule has 1 aliphatic carbocycles. The zero-order valence-electron chi connectivity index (χ0n) is 9.66. The fourth-order valence-corrected chi connectivity index (χ4v) is 3.29. The predicted octanol–water partition coefficient (Wildman–Crippen LogP) is 3.07. The predicted molar refractivity (Wildman–Crippen MR) is 68.8 cm³/mol. The molecule has 3 rings (SSSR count). The standard InChI is InChI=1S/C13H16N2S/c1-12(2,13(14)7-8-13)11-15-9-5-3-4-6-10(9)16-11/h3-6H,7-8,14H2,1-2H3. The van der Waals surface area contributed by atoms with Crippen LogP contribution < -0.4 is 5.73 Å². The van der Waals surface area contributed by atoms with Crippen LogP contribution in [0.2, 0.25) is 0 Å². The molecular formula is C13H16N2S. The maximum Gasteiger partial charge on any atom is 0.101 e. The molecule has 1 fully saturated rings. The zero-order chi connectivity index (χ0) is 11.4. The highest BCUT2D eigenvalue weighted by molar-refractivity contribution is 7.18. The molecule has 0 amide bonds. The van der Waals surface area contributed by atoms with Gasteiger partial charge in [-0.3, -0.25) is 0 Å². The largest absolute Gasteiger partial charge is 0.324 e. The maximum atomic E-state index is 6.34. The van der Waals surface area contributed by atoms with Gasteiger partial charge in [-0.05, 0) is 25.0 Å². The summed E-state index contributed by atoms with van der Waals surface area (Å²) in [5, 5.41) is 1.17. The quantitative estimate of drug-likeness (QED) is 0.864. The van der Waals surface area contributed by atoms with E-state index in [1.54, 1.807) is 11.3 Å². The Morgan fingerprint density at radius 1 is 1.31 bits per heavy atom. The minimum atomic E-state index is -0.0269. The summed E-state index contributed by atoms with van der Waals surface area (Å²) < 4.78 is 1.26. The summed E-state index contributed by atoms with van der Waals surface area (Å²) in [6.45, 7) is 4.44. The Labute approximate surface area is 99.5 Å². The van der Waals surface area contributed by atoms with Crippen LogP contribution in [-0.2, 0) is 5.41 Å². The van der Waals surface area contributed by atoms with Crippen molar-refractivity contribution in [1.29, 1.82) is 0 Å². The minimum Gasteiger partial charge on any atom is -0.324 e. The Morgan fingerprint density at radius 2 is 2.00 bits per heavy atom. The molecule has 0 unspecified atom stereocenters. The molecule has 2 N–H and O–H groups in total. The molecule has 1 heterocycles. The zero-order valence-corrected chi connectivity index (χ0v) is 10.5. The highest BCUT2D eigenvalue weighted by atomic mass is 32.1. The van der Waals surface area contributed by atoms with E-state index in [0.29, 0.717) is 0 Å². The van der Waals surface area contributed by atoms with Gasteiger partial charge in [0.25, 0.3) is 0 Å². The van der Waals surface area contributed by atoms with Crippen LogP contribution in [0, 0.1) is 0 Å². The minimum absolute atomic E-state index is 0.00329. The van der Waals surface area contributed by atoms with E-state index in [4.69, 9.17) is 10.7 Å². The molecule has 0 spiro atoms. The molecule has 84 valence electrons. The SMILES string of the molecule is CC(C)(c1nc2ccccc2s1)C1(N)CC1. The molecule has 0 saturated heterocycles. The van der Waals surface area contributed by atoms with Crippen molar-refractivity contribution in [3.05, 3.63) is 29.3 Å². The monoisotopic (exact) mass is 232 g/mol. The Hall–Kier alpha value is -0.930. The molecule has 0 aliphatic heterocycles. The van der Waals surface area contributed by atoms with Gasteiger partial charge < -0.3 is 5.73 Å². The first-order valence-corrected chi connectivity index (χ1v) is 6.50. The van der Waals surface area contributed by atoms with E-state index in [-0.39, 0.29) is 11.0 Å². The first-order valence-electron chi connectivity index (χ1n) is 5.68. The van der Waals surface area contributed by atoms with Crippen LogP contribution in [0.1, 0.15) is 31.7 Å². The first-order chi connectivity index (χ1) is 7.53. The summed E-state index contributed by atoms with van der Waals surface area (Å²) in [6, 6.07) is 8.30. The number of rotatable bonds is 2. The van der Waals surface area contributed by atoms with Crippen molar-refractivity contribution in [3.63, 3.8) is 0 Å². The topological polar surface area (TPSA) is 38.9 Å². The molecule has 3 heteroatoms. The number of hydrogen-bond donors (Lipinski definition) is 1. The summed E-state index contributed by atoms with van der Waals surface area (Å²) in [5.41, 5.74) is 7.41. The average molecular weight is 232 g/mol. The van der Waals surface area contributed by atoms with Crippen molar-refractivity contribution in [2.75, 3.05) is 0 Å². The Kier molecular flexibility index (Phi) is 1.95. The summed E-state index contributed by atoms with van der Waals surface area (Å²) >= 11 is 1.78. The third-order valence-electron chi connectivity index (χ3n) is 3.86. The molecule has 0 bridgehead atoms. The van der Waals surface area contributed by atoms with Crippen LogP contribution in [0.15, 0.2) is 24.3 Å². The Bertz CT molecular complexity index is 505. The van der Waals surface area contributed by atoms with Gasteiger partial charge in [0.15, 0.2) is 0 Å². The molecule has 2 aromatic rings. The van der Waals surface area contributed by atoms with Crippen LogP contribution in [-0.4, -0.2) is 10.5 Å². The molecule has 1 aliphatic rings. The van der Waals surface area contributed by atoms with Crippen LogP contribution in [0.25, 0.3) is 10.2 Å². The van der Waals surface area contributed by atoms with E-state index in [2.05, 4.69) is 32.0 Å². The number of hydrogen-bond acceptors (Lipinski definition) is 3. The van der Waals surface area contributed by atoms with E-state index in [1.807, 2.05) is 6.07 Å². The molecule has 1 aromatic carbocycles. The second kappa shape index (κ2) is 3.05. The van der Waals surface area contributed by atoms with E-state index in [1.165, 1.54) is 9.71 Å². The van der Waals surface area contributed by atoms with Crippen molar-refractivity contribution in [2.24, 2.45) is 5.73 Å². The van der Waals surface area contributed by atoms with Crippen molar-refractivity contribution >= 4 is 21.6 Å². The normalized spacial score (nSPS) is 18.9. The number of nitrogens with zero attached hydrogens (tertiary/aromatic N) is 1. The number of thiazole rings is 1. The van der Waals surface area contributed by atoms with Gasteiger partial charge in [-0.25, -0.2) is 4.98 Å². The highest BCUT2D eigenvalue weighted by Gasteiger charge is 2.53. The van der Waals surface area contributed by atoms with E-state index in [9.17, 15) is 0 Å². The van der Waals surface area contributed by atoms with Crippen molar-refractivity contribution in [1.82, 2.24) is 4.98 Å². The summed E-state index contributed by atoms with van der Waals surface area (Å²) in [7, 11) is 0. The smallest absolute Gasteiger partial charge is 0.101 e. The van der Waals surface area contributed by atoms with Gasteiger partial charge in [0.2, 0.25) is 0 Å². The summed E-state index contributed by atoms with van der Waals surface area (Å²) in [6.07, 6.45) is 2.24. The van der Waals surface area contributed by atoms with Gasteiger partial charge in [0.05, 0.1) is 10.2 Å².